The van der Waals surface area contributed by atoms with E-state index in [0.29, 0.717) is 39.6 Å². The van der Waals surface area contributed by atoms with E-state index in [9.17, 15) is 4.79 Å². The summed E-state index contributed by atoms with van der Waals surface area (Å²) in [5, 5.41) is 1.12. The van der Waals surface area contributed by atoms with Crippen molar-refractivity contribution in [2.45, 2.75) is 20.4 Å². The Labute approximate surface area is 200 Å². The second-order valence-electron chi connectivity index (χ2n) is 8.43. The third-order valence-electron chi connectivity index (χ3n) is 6.10. The fourth-order valence-corrected chi connectivity index (χ4v) is 4.45. The number of nitrogens with zero attached hydrogens (tertiary/aromatic N) is 5. The molecule has 3 heterocycles. The van der Waals surface area contributed by atoms with E-state index >= 15 is 0 Å². The first-order valence-corrected chi connectivity index (χ1v) is 11.4. The maximum Gasteiger partial charge on any atom is 0.265 e. The maximum atomic E-state index is 13.9. The highest BCUT2D eigenvalue weighted by molar-refractivity contribution is 6.30. The van der Waals surface area contributed by atoms with Gasteiger partial charge in [0, 0.05) is 10.7 Å². The minimum atomic E-state index is -0.141. The summed E-state index contributed by atoms with van der Waals surface area (Å²) < 4.78 is 3.62. The molecule has 0 unspecified atom stereocenters. The number of aryl methyl sites for hydroxylation is 2. The molecule has 0 aliphatic rings. The van der Waals surface area contributed by atoms with Gasteiger partial charge in [-0.15, -0.1) is 0 Å². The molecule has 0 radical (unpaired) electrons. The van der Waals surface area contributed by atoms with Crippen LogP contribution in [0.3, 0.4) is 0 Å². The van der Waals surface area contributed by atoms with Gasteiger partial charge in [0.25, 0.3) is 5.56 Å². The summed E-state index contributed by atoms with van der Waals surface area (Å²) in [4.78, 5) is 28.6. The van der Waals surface area contributed by atoms with Crippen LogP contribution in [-0.4, -0.2) is 24.1 Å². The Morgan fingerprint density at radius 2 is 1.47 bits per heavy atom. The number of aromatic nitrogens is 5. The normalized spacial score (nSPS) is 11.6. The van der Waals surface area contributed by atoms with Crippen LogP contribution >= 0.6 is 11.6 Å². The van der Waals surface area contributed by atoms with Gasteiger partial charge < -0.3 is 0 Å². The van der Waals surface area contributed by atoms with Crippen molar-refractivity contribution in [1.29, 1.82) is 0 Å². The number of hydrogen-bond donors (Lipinski definition) is 0. The predicted octanol–water partition coefficient (Wildman–Crippen LogP) is 5.60. The average Bonchev–Trinajstić information content (AvgIpc) is 3.14. The van der Waals surface area contributed by atoms with Gasteiger partial charge in [0.05, 0.1) is 17.6 Å². The Hall–Kier alpha value is -4.03. The van der Waals surface area contributed by atoms with E-state index < -0.39 is 0 Å². The third-order valence-corrected chi connectivity index (χ3v) is 6.35. The molecule has 0 saturated carbocycles. The van der Waals surface area contributed by atoms with E-state index in [0.717, 1.165) is 27.8 Å². The highest BCUT2D eigenvalue weighted by Gasteiger charge is 2.22. The van der Waals surface area contributed by atoms with Gasteiger partial charge in [-0.1, -0.05) is 53.6 Å². The molecule has 0 aliphatic heterocycles. The number of para-hydroxylation sites is 2. The monoisotopic (exact) mass is 465 g/mol. The van der Waals surface area contributed by atoms with Gasteiger partial charge in [-0.05, 0) is 55.8 Å². The molecule has 7 heteroatoms. The number of benzene rings is 3. The molecule has 0 spiro atoms. The van der Waals surface area contributed by atoms with Crippen molar-refractivity contribution in [3.8, 4) is 5.69 Å². The van der Waals surface area contributed by atoms with E-state index in [-0.39, 0.29) is 5.56 Å². The van der Waals surface area contributed by atoms with Crippen molar-refractivity contribution < 1.29 is 0 Å². The SMILES string of the molecule is Cc1ccc(-n2c3nc4ccccc4nc3c3c(=O)n(Cc4ccc(Cl)cc4)c(C)nc32)cc1. The molecule has 0 bridgehead atoms. The van der Waals surface area contributed by atoms with E-state index in [1.165, 1.54) is 0 Å². The first-order valence-electron chi connectivity index (χ1n) is 11.0. The van der Waals surface area contributed by atoms with E-state index in [1.54, 1.807) is 4.57 Å². The summed E-state index contributed by atoms with van der Waals surface area (Å²) in [5.41, 5.74) is 6.10. The van der Waals surface area contributed by atoms with Crippen LogP contribution in [0.4, 0.5) is 0 Å². The Morgan fingerprint density at radius 3 is 2.18 bits per heavy atom. The smallest absolute Gasteiger partial charge is 0.265 e. The number of fused-ring (bicyclic) bond motifs is 4. The lowest BCUT2D eigenvalue weighted by Gasteiger charge is -2.11. The van der Waals surface area contributed by atoms with Gasteiger partial charge in [0.15, 0.2) is 11.3 Å². The molecule has 6 rings (SSSR count). The summed E-state index contributed by atoms with van der Waals surface area (Å²) >= 11 is 6.04. The molecule has 6 nitrogen and oxygen atoms in total. The van der Waals surface area contributed by atoms with Gasteiger partial charge >= 0.3 is 0 Å². The average molecular weight is 466 g/mol. The maximum absolute atomic E-state index is 13.9. The Kier molecular flexibility index (Phi) is 4.71. The zero-order valence-corrected chi connectivity index (χ0v) is 19.4. The summed E-state index contributed by atoms with van der Waals surface area (Å²) in [5.74, 6) is 0.619. The van der Waals surface area contributed by atoms with Gasteiger partial charge in [-0.25, -0.2) is 15.0 Å². The molecule has 166 valence electrons. The van der Waals surface area contributed by atoms with Crippen LogP contribution in [0.2, 0.25) is 5.02 Å². The van der Waals surface area contributed by atoms with Crippen LogP contribution in [0, 0.1) is 13.8 Å². The van der Waals surface area contributed by atoms with Crippen LogP contribution in [0.5, 0.6) is 0 Å². The van der Waals surface area contributed by atoms with Crippen molar-refractivity contribution >= 4 is 44.8 Å². The minimum Gasteiger partial charge on any atom is -0.292 e. The largest absolute Gasteiger partial charge is 0.292 e. The quantitative estimate of drug-likeness (QED) is 0.341. The molecule has 34 heavy (non-hydrogen) atoms. The van der Waals surface area contributed by atoms with Crippen LogP contribution in [-0.2, 0) is 6.54 Å². The number of rotatable bonds is 3. The Bertz CT molecular complexity index is 1770. The van der Waals surface area contributed by atoms with Gasteiger partial charge in [-0.3, -0.25) is 13.9 Å². The second kappa shape index (κ2) is 7.78. The van der Waals surface area contributed by atoms with Crippen LogP contribution in [0.1, 0.15) is 17.0 Å². The standard InChI is InChI=1S/C27H20ClN5O/c1-16-7-13-20(14-8-16)33-25-23(24-26(33)31-22-6-4-3-5-21(22)30-24)27(34)32(17(2)29-25)15-18-9-11-19(28)12-10-18/h3-14H,15H2,1-2H3. The lowest BCUT2D eigenvalue weighted by atomic mass is 10.2. The van der Waals surface area contributed by atoms with Crippen molar-refractivity contribution in [1.82, 2.24) is 24.1 Å². The molecule has 0 atom stereocenters. The van der Waals surface area contributed by atoms with Crippen LogP contribution in [0.25, 0.3) is 38.9 Å². The van der Waals surface area contributed by atoms with Crippen LogP contribution in [0.15, 0.2) is 77.6 Å². The summed E-state index contributed by atoms with van der Waals surface area (Å²) in [7, 11) is 0. The molecule has 0 fully saturated rings. The van der Waals surface area contributed by atoms with Crippen LogP contribution < -0.4 is 5.56 Å². The highest BCUT2D eigenvalue weighted by Crippen LogP contribution is 2.29. The fourth-order valence-electron chi connectivity index (χ4n) is 4.33. The van der Waals surface area contributed by atoms with Gasteiger partial charge in [0.2, 0.25) is 0 Å². The van der Waals surface area contributed by atoms with Crippen molar-refractivity contribution in [3.05, 3.63) is 105 Å². The highest BCUT2D eigenvalue weighted by atomic mass is 35.5. The topological polar surface area (TPSA) is 65.6 Å². The first kappa shape index (κ1) is 20.6. The fraction of sp³-hybridized carbons (Fsp3) is 0.111. The van der Waals surface area contributed by atoms with E-state index in [4.69, 9.17) is 26.6 Å². The minimum absolute atomic E-state index is 0.141. The molecule has 0 amide bonds. The second-order valence-corrected chi connectivity index (χ2v) is 8.87. The summed E-state index contributed by atoms with van der Waals surface area (Å²) in [6, 6.07) is 23.3. The molecule has 3 aromatic carbocycles. The number of hydrogen-bond acceptors (Lipinski definition) is 4. The molecular formula is C27H20ClN5O. The third kappa shape index (κ3) is 3.26. The zero-order chi connectivity index (χ0) is 23.4. The molecule has 0 N–H and O–H groups in total. The number of halogens is 1. The molecule has 0 aliphatic carbocycles. The van der Waals surface area contributed by atoms with Gasteiger partial charge in [-0.2, -0.15) is 0 Å². The van der Waals surface area contributed by atoms with Crippen molar-refractivity contribution in [2.24, 2.45) is 0 Å². The lowest BCUT2D eigenvalue weighted by Crippen LogP contribution is -2.24. The Balaban J connectivity index is 1.70. The lowest BCUT2D eigenvalue weighted by molar-refractivity contribution is 0.711. The van der Waals surface area contributed by atoms with Gasteiger partial charge in [0.1, 0.15) is 16.7 Å². The van der Waals surface area contributed by atoms with Crippen molar-refractivity contribution in [2.75, 3.05) is 0 Å². The summed E-state index contributed by atoms with van der Waals surface area (Å²) in [6.45, 7) is 4.29. The zero-order valence-electron chi connectivity index (χ0n) is 18.7. The molecular weight excluding hydrogens is 446 g/mol. The van der Waals surface area contributed by atoms with E-state index in [2.05, 4.69) is 0 Å². The van der Waals surface area contributed by atoms with Crippen molar-refractivity contribution in [3.63, 3.8) is 0 Å². The van der Waals surface area contributed by atoms with E-state index in [1.807, 2.05) is 91.2 Å². The first-order chi connectivity index (χ1) is 16.5. The molecule has 6 aromatic rings. The Morgan fingerprint density at radius 1 is 0.794 bits per heavy atom. The summed E-state index contributed by atoms with van der Waals surface area (Å²) in [6.07, 6.45) is 0. The predicted molar refractivity (Wildman–Crippen MR) is 136 cm³/mol. The molecule has 0 saturated heterocycles. The molecule has 3 aromatic heterocycles.